The third kappa shape index (κ3) is 8.46. The van der Waals surface area contributed by atoms with Crippen LogP contribution >= 0.6 is 15.9 Å². The minimum atomic E-state index is 0.468. The van der Waals surface area contributed by atoms with E-state index in [1.54, 1.807) is 0 Å². The van der Waals surface area contributed by atoms with E-state index in [1.807, 2.05) is 0 Å². The van der Waals surface area contributed by atoms with Crippen molar-refractivity contribution < 1.29 is 15.2 Å². The van der Waals surface area contributed by atoms with E-state index in [0.29, 0.717) is 11.4 Å². The van der Waals surface area contributed by atoms with Gasteiger partial charge in [-0.3, -0.25) is 0 Å². The SMILES string of the molecule is CCC(Br)CCCCCOOO. The molecule has 4 heteroatoms. The van der Waals surface area contributed by atoms with Crippen LogP contribution in [0.4, 0.5) is 0 Å². The summed E-state index contributed by atoms with van der Waals surface area (Å²) in [5, 5.41) is 11.3. The molecular weight excluding hydrogens is 224 g/mol. The average molecular weight is 241 g/mol. The lowest BCUT2D eigenvalue weighted by atomic mass is 10.1. The number of halogens is 1. The zero-order valence-corrected chi connectivity index (χ0v) is 9.05. The Balaban J connectivity index is 2.90. The molecular formula is C8H17BrO3. The smallest absolute Gasteiger partial charge is 0.0853 e. The second-order valence-electron chi connectivity index (χ2n) is 2.75. The molecule has 0 radical (unpaired) electrons. The molecule has 1 atom stereocenters. The molecule has 0 bridgehead atoms. The normalized spacial score (nSPS) is 13.2. The molecule has 0 aliphatic carbocycles. The summed E-state index contributed by atoms with van der Waals surface area (Å²) >= 11 is 3.56. The van der Waals surface area contributed by atoms with Crippen LogP contribution in [0.3, 0.4) is 0 Å². The highest BCUT2D eigenvalue weighted by atomic mass is 79.9. The maximum absolute atomic E-state index is 7.82. The van der Waals surface area contributed by atoms with Crippen molar-refractivity contribution in [2.75, 3.05) is 6.61 Å². The Hall–Kier alpha value is 0.360. The summed E-state index contributed by atoms with van der Waals surface area (Å²) < 4.78 is 0. The Kier molecular flexibility index (Phi) is 9.73. The van der Waals surface area contributed by atoms with Gasteiger partial charge in [0.25, 0.3) is 0 Å². The highest BCUT2D eigenvalue weighted by Gasteiger charge is 1.99. The van der Waals surface area contributed by atoms with Crippen LogP contribution in [0, 0.1) is 0 Å². The first-order valence-electron chi connectivity index (χ1n) is 4.38. The Morgan fingerprint density at radius 1 is 1.33 bits per heavy atom. The molecule has 0 fully saturated rings. The van der Waals surface area contributed by atoms with Crippen LogP contribution in [-0.4, -0.2) is 16.7 Å². The lowest BCUT2D eigenvalue weighted by molar-refractivity contribution is -0.490. The fourth-order valence-electron chi connectivity index (χ4n) is 0.945. The molecule has 0 aromatic heterocycles. The lowest BCUT2D eigenvalue weighted by Crippen LogP contribution is -1.96. The van der Waals surface area contributed by atoms with Crippen LogP contribution in [0.15, 0.2) is 0 Å². The van der Waals surface area contributed by atoms with E-state index in [2.05, 4.69) is 32.8 Å². The third-order valence-corrected chi connectivity index (χ3v) is 2.85. The lowest BCUT2D eigenvalue weighted by Gasteiger charge is -2.05. The monoisotopic (exact) mass is 240 g/mol. The van der Waals surface area contributed by atoms with E-state index in [-0.39, 0.29) is 0 Å². The topological polar surface area (TPSA) is 38.7 Å². The average Bonchev–Trinajstić information content (AvgIpc) is 2.10. The molecule has 0 spiro atoms. The van der Waals surface area contributed by atoms with Crippen molar-refractivity contribution in [1.29, 1.82) is 0 Å². The zero-order valence-electron chi connectivity index (χ0n) is 7.46. The Bertz CT molecular complexity index is 90.4. The van der Waals surface area contributed by atoms with Gasteiger partial charge in [-0.05, 0) is 19.3 Å². The predicted molar refractivity (Wildman–Crippen MR) is 51.1 cm³/mol. The first kappa shape index (κ1) is 12.4. The number of alkyl halides is 1. The fraction of sp³-hybridized carbons (Fsp3) is 1.00. The van der Waals surface area contributed by atoms with Gasteiger partial charge >= 0.3 is 0 Å². The van der Waals surface area contributed by atoms with Gasteiger partial charge in [-0.25, -0.2) is 10.1 Å². The number of hydrogen-bond donors (Lipinski definition) is 1. The molecule has 0 saturated heterocycles. The minimum Gasteiger partial charge on any atom is -0.221 e. The summed E-state index contributed by atoms with van der Waals surface area (Å²) in [6, 6.07) is 0. The maximum Gasteiger partial charge on any atom is 0.0853 e. The second kappa shape index (κ2) is 9.45. The molecule has 0 aliphatic heterocycles. The molecule has 0 aromatic rings. The molecule has 0 amide bonds. The number of rotatable bonds is 8. The van der Waals surface area contributed by atoms with Gasteiger partial charge in [-0.2, -0.15) is 0 Å². The minimum absolute atomic E-state index is 0.468. The molecule has 1 N–H and O–H groups in total. The molecule has 0 saturated carbocycles. The Morgan fingerprint density at radius 2 is 2.08 bits per heavy atom. The standard InChI is InChI=1S/C8H17BrO3/c1-2-8(9)6-4-3-5-7-11-12-10/h8,10H,2-7H2,1H3. The van der Waals surface area contributed by atoms with Crippen molar-refractivity contribution in [1.82, 2.24) is 0 Å². The van der Waals surface area contributed by atoms with Crippen molar-refractivity contribution in [3.8, 4) is 0 Å². The molecule has 3 nitrogen and oxygen atoms in total. The summed E-state index contributed by atoms with van der Waals surface area (Å²) in [6.45, 7) is 2.64. The first-order chi connectivity index (χ1) is 5.81. The van der Waals surface area contributed by atoms with Crippen molar-refractivity contribution in [2.45, 2.75) is 43.9 Å². The van der Waals surface area contributed by atoms with Gasteiger partial charge in [0.15, 0.2) is 0 Å². The van der Waals surface area contributed by atoms with Crippen LogP contribution in [-0.2, 0) is 9.93 Å². The van der Waals surface area contributed by atoms with Gasteiger partial charge in [0.2, 0.25) is 0 Å². The second-order valence-corrected chi connectivity index (χ2v) is 4.05. The zero-order chi connectivity index (χ0) is 9.23. The molecule has 0 heterocycles. The van der Waals surface area contributed by atoms with E-state index in [1.165, 1.54) is 19.3 Å². The van der Waals surface area contributed by atoms with Crippen LogP contribution in [0.25, 0.3) is 0 Å². The molecule has 12 heavy (non-hydrogen) atoms. The largest absolute Gasteiger partial charge is 0.221 e. The molecule has 0 rings (SSSR count). The van der Waals surface area contributed by atoms with Crippen LogP contribution in [0.1, 0.15) is 39.0 Å². The van der Waals surface area contributed by atoms with Gasteiger partial charge in [0.1, 0.15) is 0 Å². The van der Waals surface area contributed by atoms with E-state index in [4.69, 9.17) is 5.26 Å². The van der Waals surface area contributed by atoms with Gasteiger partial charge in [0, 0.05) is 4.83 Å². The highest BCUT2D eigenvalue weighted by Crippen LogP contribution is 2.13. The van der Waals surface area contributed by atoms with Gasteiger partial charge < -0.3 is 0 Å². The fourth-order valence-corrected chi connectivity index (χ4v) is 1.27. The van der Waals surface area contributed by atoms with E-state index in [9.17, 15) is 0 Å². The van der Waals surface area contributed by atoms with Crippen molar-refractivity contribution >= 4 is 15.9 Å². The quantitative estimate of drug-likeness (QED) is 0.307. The molecule has 0 aliphatic rings. The van der Waals surface area contributed by atoms with Crippen LogP contribution < -0.4 is 0 Å². The van der Waals surface area contributed by atoms with Crippen molar-refractivity contribution in [2.24, 2.45) is 0 Å². The van der Waals surface area contributed by atoms with Crippen LogP contribution in [0.2, 0.25) is 0 Å². The number of unbranched alkanes of at least 4 members (excludes halogenated alkanes) is 2. The summed E-state index contributed by atoms with van der Waals surface area (Å²) in [5.74, 6) is 0. The van der Waals surface area contributed by atoms with Gasteiger partial charge in [0.05, 0.1) is 6.61 Å². The Morgan fingerprint density at radius 3 is 2.67 bits per heavy atom. The summed E-state index contributed by atoms with van der Waals surface area (Å²) in [7, 11) is 0. The molecule has 0 aromatic carbocycles. The predicted octanol–water partition coefficient (Wildman–Crippen LogP) is 3.14. The van der Waals surface area contributed by atoms with E-state index >= 15 is 0 Å². The Labute approximate surface area is 82.0 Å². The summed E-state index contributed by atoms with van der Waals surface area (Å²) in [6.07, 6.45) is 5.63. The number of hydrogen-bond acceptors (Lipinski definition) is 3. The van der Waals surface area contributed by atoms with E-state index in [0.717, 1.165) is 12.8 Å². The summed E-state index contributed by atoms with van der Waals surface area (Å²) in [5.41, 5.74) is 0. The highest BCUT2D eigenvalue weighted by molar-refractivity contribution is 9.09. The van der Waals surface area contributed by atoms with Crippen molar-refractivity contribution in [3.05, 3.63) is 0 Å². The molecule has 74 valence electrons. The first-order valence-corrected chi connectivity index (χ1v) is 5.30. The molecule has 1 unspecified atom stereocenters. The van der Waals surface area contributed by atoms with E-state index < -0.39 is 0 Å². The maximum atomic E-state index is 7.82. The summed E-state index contributed by atoms with van der Waals surface area (Å²) in [4.78, 5) is 4.96. The van der Waals surface area contributed by atoms with Gasteiger partial charge in [-0.15, -0.1) is 0 Å². The van der Waals surface area contributed by atoms with Gasteiger partial charge in [-0.1, -0.05) is 40.7 Å². The van der Waals surface area contributed by atoms with Crippen molar-refractivity contribution in [3.63, 3.8) is 0 Å². The third-order valence-electron chi connectivity index (χ3n) is 1.74. The van der Waals surface area contributed by atoms with Crippen LogP contribution in [0.5, 0.6) is 0 Å².